The van der Waals surface area contributed by atoms with Gasteiger partial charge in [0.15, 0.2) is 0 Å². The maximum atomic E-state index is 8.68. The van der Waals surface area contributed by atoms with Crippen LogP contribution in [0.5, 0.6) is 0 Å². The Bertz CT molecular complexity index is 37.1. The van der Waals surface area contributed by atoms with Gasteiger partial charge in [-0.15, -0.1) is 0 Å². The number of rotatable bonds is 3. The first-order valence-corrected chi connectivity index (χ1v) is 4.04. The van der Waals surface area contributed by atoms with Gasteiger partial charge in [-0.1, -0.05) is 22.6 Å². The van der Waals surface area contributed by atoms with Crippen molar-refractivity contribution in [2.75, 3.05) is 4.43 Å². The van der Waals surface area contributed by atoms with Gasteiger partial charge in [0.05, 0.1) is 6.10 Å². The molecule has 44 valence electrons. The van der Waals surface area contributed by atoms with Crippen LogP contribution in [0.25, 0.3) is 0 Å². The minimum Gasteiger partial charge on any atom is -0.393 e. The second-order valence-electron chi connectivity index (χ2n) is 1.68. The molecule has 0 aromatic heterocycles. The summed E-state index contributed by atoms with van der Waals surface area (Å²) in [6, 6.07) is 0. The molecule has 2 heteroatoms. The topological polar surface area (TPSA) is 20.2 Å². The van der Waals surface area contributed by atoms with Crippen LogP contribution in [0.4, 0.5) is 0 Å². The SMILES string of the molecule is CC(O)CCCI. The third kappa shape index (κ3) is 6.69. The highest BCUT2D eigenvalue weighted by molar-refractivity contribution is 14.1. The lowest BCUT2D eigenvalue weighted by molar-refractivity contribution is 0.184. The monoisotopic (exact) mass is 214 g/mol. The molecule has 0 amide bonds. The van der Waals surface area contributed by atoms with E-state index in [0.717, 1.165) is 17.3 Å². The van der Waals surface area contributed by atoms with Crippen molar-refractivity contribution in [3.63, 3.8) is 0 Å². The van der Waals surface area contributed by atoms with Gasteiger partial charge in [-0.25, -0.2) is 0 Å². The molecule has 0 aliphatic heterocycles. The van der Waals surface area contributed by atoms with Crippen molar-refractivity contribution in [2.24, 2.45) is 0 Å². The molecule has 0 saturated heterocycles. The zero-order valence-electron chi connectivity index (χ0n) is 4.52. The van der Waals surface area contributed by atoms with Crippen LogP contribution in [0.1, 0.15) is 19.8 Å². The number of aliphatic hydroxyl groups excluding tert-OH is 1. The summed E-state index contributed by atoms with van der Waals surface area (Å²) in [5.74, 6) is 0. The fourth-order valence-corrected chi connectivity index (χ4v) is 0.813. The van der Waals surface area contributed by atoms with E-state index in [9.17, 15) is 0 Å². The van der Waals surface area contributed by atoms with Crippen LogP contribution in [0.15, 0.2) is 0 Å². The standard InChI is InChI=1S/C5H11IO/c1-5(7)3-2-4-6/h5,7H,2-4H2,1H3. The van der Waals surface area contributed by atoms with Crippen molar-refractivity contribution in [2.45, 2.75) is 25.9 Å². The molecule has 7 heavy (non-hydrogen) atoms. The van der Waals surface area contributed by atoms with Crippen LogP contribution >= 0.6 is 22.6 Å². The molecule has 0 aliphatic carbocycles. The zero-order chi connectivity index (χ0) is 5.70. The normalized spacial score (nSPS) is 14.1. The van der Waals surface area contributed by atoms with Gasteiger partial charge in [-0.05, 0) is 24.2 Å². The minimum absolute atomic E-state index is 0.102. The van der Waals surface area contributed by atoms with Crippen molar-refractivity contribution >= 4 is 22.6 Å². The molecule has 0 heterocycles. The molecule has 0 spiro atoms. The Morgan fingerprint density at radius 3 is 2.43 bits per heavy atom. The number of hydrogen-bond acceptors (Lipinski definition) is 1. The lowest BCUT2D eigenvalue weighted by Crippen LogP contribution is -1.98. The van der Waals surface area contributed by atoms with Crippen molar-refractivity contribution in [1.82, 2.24) is 0 Å². The van der Waals surface area contributed by atoms with Crippen molar-refractivity contribution in [3.05, 3.63) is 0 Å². The van der Waals surface area contributed by atoms with Crippen LogP contribution in [0.2, 0.25) is 0 Å². The summed E-state index contributed by atoms with van der Waals surface area (Å²) in [4.78, 5) is 0. The number of hydrogen-bond donors (Lipinski definition) is 1. The van der Waals surface area contributed by atoms with E-state index in [4.69, 9.17) is 5.11 Å². The van der Waals surface area contributed by atoms with E-state index >= 15 is 0 Å². The molecular weight excluding hydrogens is 203 g/mol. The van der Waals surface area contributed by atoms with Crippen LogP contribution in [0.3, 0.4) is 0 Å². The lowest BCUT2D eigenvalue weighted by atomic mass is 10.2. The molecule has 0 fully saturated rings. The molecule has 1 atom stereocenters. The second kappa shape index (κ2) is 4.84. The minimum atomic E-state index is -0.102. The maximum Gasteiger partial charge on any atom is 0.0512 e. The molecule has 1 nitrogen and oxygen atoms in total. The van der Waals surface area contributed by atoms with E-state index in [-0.39, 0.29) is 6.10 Å². The molecule has 0 aliphatic rings. The number of alkyl halides is 1. The largest absolute Gasteiger partial charge is 0.393 e. The zero-order valence-corrected chi connectivity index (χ0v) is 6.68. The van der Waals surface area contributed by atoms with Crippen LogP contribution < -0.4 is 0 Å². The van der Waals surface area contributed by atoms with E-state index in [0.29, 0.717) is 0 Å². The fourth-order valence-electron chi connectivity index (χ4n) is 0.373. The van der Waals surface area contributed by atoms with E-state index in [1.54, 1.807) is 0 Å². The van der Waals surface area contributed by atoms with Crippen molar-refractivity contribution in [1.29, 1.82) is 0 Å². The van der Waals surface area contributed by atoms with Gasteiger partial charge >= 0.3 is 0 Å². The first-order chi connectivity index (χ1) is 3.27. The smallest absolute Gasteiger partial charge is 0.0512 e. The Morgan fingerprint density at radius 1 is 1.71 bits per heavy atom. The van der Waals surface area contributed by atoms with E-state index in [1.807, 2.05) is 6.92 Å². The molecule has 1 N–H and O–H groups in total. The van der Waals surface area contributed by atoms with E-state index < -0.39 is 0 Å². The summed E-state index contributed by atoms with van der Waals surface area (Å²) in [6.07, 6.45) is 1.98. The summed E-state index contributed by atoms with van der Waals surface area (Å²) in [6.45, 7) is 1.83. The number of aliphatic hydroxyl groups is 1. The Morgan fingerprint density at radius 2 is 2.29 bits per heavy atom. The molecule has 0 rings (SSSR count). The Kier molecular flexibility index (Phi) is 5.32. The van der Waals surface area contributed by atoms with Crippen molar-refractivity contribution < 1.29 is 5.11 Å². The maximum absolute atomic E-state index is 8.68. The van der Waals surface area contributed by atoms with Gasteiger partial charge in [0.1, 0.15) is 0 Å². The first kappa shape index (κ1) is 7.69. The molecule has 0 bridgehead atoms. The Balaban J connectivity index is 2.68. The van der Waals surface area contributed by atoms with Gasteiger partial charge in [0.25, 0.3) is 0 Å². The highest BCUT2D eigenvalue weighted by atomic mass is 127. The lowest BCUT2D eigenvalue weighted by Gasteiger charge is -1.97. The van der Waals surface area contributed by atoms with Crippen LogP contribution in [-0.4, -0.2) is 15.6 Å². The second-order valence-corrected chi connectivity index (χ2v) is 2.76. The molecule has 0 aromatic rings. The predicted octanol–water partition coefficient (Wildman–Crippen LogP) is 1.58. The van der Waals surface area contributed by atoms with Gasteiger partial charge in [-0.3, -0.25) is 0 Å². The van der Waals surface area contributed by atoms with Crippen LogP contribution in [0, 0.1) is 0 Å². The Hall–Kier alpha value is 0.690. The first-order valence-electron chi connectivity index (χ1n) is 2.51. The fraction of sp³-hybridized carbons (Fsp3) is 1.00. The van der Waals surface area contributed by atoms with E-state index in [2.05, 4.69) is 22.6 Å². The summed E-state index contributed by atoms with van der Waals surface area (Å²) >= 11 is 2.31. The average molecular weight is 214 g/mol. The van der Waals surface area contributed by atoms with Gasteiger partial charge < -0.3 is 5.11 Å². The Labute approximate surface area is 58.3 Å². The molecule has 0 saturated carbocycles. The number of halogens is 1. The molecular formula is C5H11IO. The molecule has 0 aromatic carbocycles. The summed E-state index contributed by atoms with van der Waals surface area (Å²) in [5, 5.41) is 8.68. The van der Waals surface area contributed by atoms with Gasteiger partial charge in [0.2, 0.25) is 0 Å². The average Bonchev–Trinajstić information content (AvgIpc) is 1.61. The highest BCUT2D eigenvalue weighted by Crippen LogP contribution is 1.97. The van der Waals surface area contributed by atoms with Gasteiger partial charge in [0, 0.05) is 0 Å². The quantitative estimate of drug-likeness (QED) is 0.558. The third-order valence-electron chi connectivity index (χ3n) is 0.756. The van der Waals surface area contributed by atoms with Crippen molar-refractivity contribution in [3.8, 4) is 0 Å². The highest BCUT2D eigenvalue weighted by Gasteiger charge is 1.90. The van der Waals surface area contributed by atoms with Crippen LogP contribution in [-0.2, 0) is 0 Å². The molecule has 1 unspecified atom stereocenters. The summed E-state index contributed by atoms with van der Waals surface area (Å²) in [7, 11) is 0. The van der Waals surface area contributed by atoms with E-state index in [1.165, 1.54) is 0 Å². The third-order valence-corrected chi connectivity index (χ3v) is 1.52. The summed E-state index contributed by atoms with van der Waals surface area (Å²) < 4.78 is 1.16. The van der Waals surface area contributed by atoms with Gasteiger partial charge in [-0.2, -0.15) is 0 Å². The molecule has 0 radical (unpaired) electrons. The predicted molar refractivity (Wildman–Crippen MR) is 39.8 cm³/mol. The summed E-state index contributed by atoms with van der Waals surface area (Å²) in [5.41, 5.74) is 0.